The van der Waals surface area contributed by atoms with Gasteiger partial charge in [-0.2, -0.15) is 0 Å². The van der Waals surface area contributed by atoms with Gasteiger partial charge in [0.05, 0.1) is 32.5 Å². The van der Waals surface area contributed by atoms with Gasteiger partial charge in [0.25, 0.3) is 0 Å². The van der Waals surface area contributed by atoms with Crippen molar-refractivity contribution < 1.29 is 52.3 Å². The van der Waals surface area contributed by atoms with E-state index >= 15 is 0 Å². The molecule has 0 saturated carbocycles. The molecule has 13 heteroatoms. The fourth-order valence-corrected chi connectivity index (χ4v) is 5.97. The van der Waals surface area contributed by atoms with E-state index in [4.69, 9.17) is 38.9 Å². The van der Waals surface area contributed by atoms with E-state index in [9.17, 15) is 19.2 Å². The molecule has 0 unspecified atom stereocenters. The van der Waals surface area contributed by atoms with Gasteiger partial charge in [0, 0.05) is 37.9 Å². The summed E-state index contributed by atoms with van der Waals surface area (Å²) in [6.07, 6.45) is 0.800. The van der Waals surface area contributed by atoms with Crippen molar-refractivity contribution in [3.05, 3.63) is 23.8 Å². The molecule has 0 radical (unpaired) electrons. The van der Waals surface area contributed by atoms with Gasteiger partial charge in [-0.05, 0) is 68.1 Å². The summed E-state index contributed by atoms with van der Waals surface area (Å²) in [4.78, 5) is 52.0. The maximum Gasteiger partial charge on any atom is 0.511 e. The Labute approximate surface area is 297 Å². The van der Waals surface area contributed by atoms with E-state index in [1.54, 1.807) is 35.0 Å². The molecule has 1 aromatic carbocycles. The molecular formula is C37H60N2O11. The predicted molar refractivity (Wildman–Crippen MR) is 187 cm³/mol. The van der Waals surface area contributed by atoms with Gasteiger partial charge in [-0.3, -0.25) is 14.5 Å². The largest absolute Gasteiger partial charge is 0.511 e. The molecule has 1 aliphatic heterocycles. The minimum atomic E-state index is -0.938. The summed E-state index contributed by atoms with van der Waals surface area (Å²) in [5.41, 5.74) is 5.80. The van der Waals surface area contributed by atoms with Crippen molar-refractivity contribution in [1.29, 1.82) is 0 Å². The quantitative estimate of drug-likeness (QED) is 0.0838. The summed E-state index contributed by atoms with van der Waals surface area (Å²) >= 11 is 0. The van der Waals surface area contributed by atoms with E-state index in [2.05, 4.69) is 13.8 Å². The number of hydrogen-bond acceptors (Lipinski definition) is 11. The van der Waals surface area contributed by atoms with E-state index in [1.165, 1.54) is 4.90 Å². The number of methoxy groups -OCH3 is 2. The lowest BCUT2D eigenvalue weighted by atomic mass is 9.78. The highest BCUT2D eigenvalue weighted by molar-refractivity contribution is 5.84. The molecule has 1 heterocycles. The Hall–Kier alpha value is -3.58. The third-order valence-electron chi connectivity index (χ3n) is 9.44. The first-order valence-corrected chi connectivity index (χ1v) is 17.6. The fraction of sp³-hybridized carbons (Fsp3) is 0.730. The number of benzene rings is 1. The van der Waals surface area contributed by atoms with Crippen LogP contribution in [0.4, 0.5) is 9.59 Å². The van der Waals surface area contributed by atoms with Gasteiger partial charge >= 0.3 is 12.2 Å². The summed E-state index contributed by atoms with van der Waals surface area (Å²) in [7, 11) is 3.26. The number of ketones is 1. The molecule has 284 valence electrons. The maximum atomic E-state index is 13.6. The topological polar surface area (TPSA) is 162 Å². The lowest BCUT2D eigenvalue weighted by Crippen LogP contribution is -2.43. The van der Waals surface area contributed by atoms with Crippen molar-refractivity contribution in [2.24, 2.45) is 34.8 Å². The second-order valence-electron chi connectivity index (χ2n) is 14.2. The zero-order chi connectivity index (χ0) is 37.4. The number of rotatable bonds is 22. The van der Waals surface area contributed by atoms with Crippen molar-refractivity contribution in [3.63, 3.8) is 0 Å². The molecule has 1 aromatic rings. The van der Waals surface area contributed by atoms with E-state index in [-0.39, 0.29) is 49.2 Å². The molecule has 0 aromatic heterocycles. The number of primary amides is 1. The number of ether oxygens (including phenoxy) is 7. The molecule has 2 rings (SSSR count). The molecule has 2 N–H and O–H groups in total. The molecule has 4 atom stereocenters. The predicted octanol–water partition coefficient (Wildman–Crippen LogP) is 6.13. The Kier molecular flexibility index (Phi) is 17.8. The van der Waals surface area contributed by atoms with Crippen LogP contribution in [0.25, 0.3) is 0 Å². The number of nitrogens with zero attached hydrogens (tertiary/aromatic N) is 1. The average Bonchev–Trinajstić information content (AvgIpc) is 3.46. The number of hydrogen-bond donors (Lipinski definition) is 1. The normalized spacial score (nSPS) is 17.4. The van der Waals surface area contributed by atoms with Crippen molar-refractivity contribution in [1.82, 2.24) is 4.90 Å². The Morgan fingerprint density at radius 3 is 2.30 bits per heavy atom. The highest BCUT2D eigenvalue weighted by Crippen LogP contribution is 2.36. The number of carbonyl (C=O) groups excluding carboxylic acids is 4. The first-order valence-electron chi connectivity index (χ1n) is 17.6. The Balaban J connectivity index is 2.34. The van der Waals surface area contributed by atoms with Crippen LogP contribution in [0, 0.1) is 29.1 Å². The standard InChI is InChI=1S/C37H60N2O11/c1-10-46-36(43)50-23-49-35(42)39-22-48-32(21-28(25(4)5)30(40)14-15-37(6,7)34(38)41)29(39)20-27(24(2)3)18-26-12-13-31(45-9)33(19-26)47-17-11-16-44-8/h12-13,19,24-25,27-29,32H,10-11,14-18,20-23H2,1-9H3,(H2,38,41)/t27-,28-,29-,32-/m0/s1. The van der Waals surface area contributed by atoms with E-state index in [0.29, 0.717) is 50.4 Å². The van der Waals surface area contributed by atoms with Gasteiger partial charge in [0.2, 0.25) is 12.7 Å². The van der Waals surface area contributed by atoms with Gasteiger partial charge < -0.3 is 38.9 Å². The Bertz CT molecular complexity index is 1240. The van der Waals surface area contributed by atoms with Crippen molar-refractivity contribution in [3.8, 4) is 11.5 Å². The van der Waals surface area contributed by atoms with E-state index in [0.717, 1.165) is 12.0 Å². The number of nitrogens with two attached hydrogens (primary N) is 1. The smallest absolute Gasteiger partial charge is 0.493 e. The number of Topliss-reactive ketones (excluding diaryl/α,β-unsaturated/α-hetero) is 1. The van der Waals surface area contributed by atoms with Crippen LogP contribution < -0.4 is 15.2 Å². The van der Waals surface area contributed by atoms with Crippen LogP contribution in [0.2, 0.25) is 0 Å². The number of carbonyl (C=O) groups is 4. The van der Waals surface area contributed by atoms with Gasteiger partial charge in [-0.25, -0.2) is 9.59 Å². The Morgan fingerprint density at radius 1 is 0.980 bits per heavy atom. The first kappa shape index (κ1) is 42.6. The molecular weight excluding hydrogens is 648 g/mol. The van der Waals surface area contributed by atoms with Crippen LogP contribution in [-0.4, -0.2) is 88.5 Å². The monoisotopic (exact) mass is 708 g/mol. The minimum Gasteiger partial charge on any atom is -0.493 e. The summed E-state index contributed by atoms with van der Waals surface area (Å²) in [5, 5.41) is 0. The summed E-state index contributed by atoms with van der Waals surface area (Å²) in [6.45, 7) is 13.9. The van der Waals surface area contributed by atoms with Gasteiger partial charge in [-0.15, -0.1) is 0 Å². The third-order valence-corrected chi connectivity index (χ3v) is 9.44. The van der Waals surface area contributed by atoms with Crippen molar-refractivity contribution in [2.75, 3.05) is 47.6 Å². The number of amides is 2. The SMILES string of the molecule is CCOC(=O)OCOC(=O)N1CO[C@@H](C[C@H](C(=O)CCC(C)(C)C(N)=O)C(C)C)[C@@H]1C[C@H](Cc1ccc(OC)c(OCCCOC)c1)C(C)C. The lowest BCUT2D eigenvalue weighted by molar-refractivity contribution is -0.129. The molecule has 50 heavy (non-hydrogen) atoms. The molecule has 0 bridgehead atoms. The Morgan fingerprint density at radius 2 is 1.70 bits per heavy atom. The van der Waals surface area contributed by atoms with Crippen LogP contribution in [0.15, 0.2) is 18.2 Å². The molecule has 1 saturated heterocycles. The van der Waals surface area contributed by atoms with Gasteiger partial charge in [0.15, 0.2) is 11.5 Å². The van der Waals surface area contributed by atoms with Gasteiger partial charge in [-0.1, -0.05) is 47.6 Å². The molecule has 1 aliphatic rings. The van der Waals surface area contributed by atoms with Crippen LogP contribution in [0.1, 0.15) is 86.1 Å². The van der Waals surface area contributed by atoms with Gasteiger partial charge in [0.1, 0.15) is 12.5 Å². The molecule has 2 amide bonds. The molecule has 0 aliphatic carbocycles. The average molecular weight is 709 g/mol. The lowest BCUT2D eigenvalue weighted by Gasteiger charge is -2.33. The van der Waals surface area contributed by atoms with Crippen LogP contribution in [0.3, 0.4) is 0 Å². The second kappa shape index (κ2) is 20.9. The van der Waals surface area contributed by atoms with Crippen LogP contribution >= 0.6 is 0 Å². The first-order chi connectivity index (χ1) is 23.6. The van der Waals surface area contributed by atoms with E-state index in [1.807, 2.05) is 32.0 Å². The minimum absolute atomic E-state index is 0.00933. The highest BCUT2D eigenvalue weighted by atomic mass is 16.8. The maximum absolute atomic E-state index is 13.6. The molecule has 1 fully saturated rings. The van der Waals surface area contributed by atoms with Crippen molar-refractivity contribution in [2.45, 2.75) is 99.1 Å². The summed E-state index contributed by atoms with van der Waals surface area (Å²) in [6, 6.07) is 5.46. The second-order valence-corrected chi connectivity index (χ2v) is 14.2. The van der Waals surface area contributed by atoms with E-state index < -0.39 is 42.5 Å². The zero-order valence-corrected chi connectivity index (χ0v) is 31.5. The highest BCUT2D eigenvalue weighted by Gasteiger charge is 2.43. The molecule has 13 nitrogen and oxygen atoms in total. The summed E-state index contributed by atoms with van der Waals surface area (Å²) in [5.74, 6) is 0.790. The molecule has 0 spiro atoms. The fourth-order valence-electron chi connectivity index (χ4n) is 5.97. The van der Waals surface area contributed by atoms with Crippen LogP contribution in [0.5, 0.6) is 11.5 Å². The van der Waals surface area contributed by atoms with Crippen molar-refractivity contribution >= 4 is 23.9 Å². The summed E-state index contributed by atoms with van der Waals surface area (Å²) < 4.78 is 37.9. The zero-order valence-electron chi connectivity index (χ0n) is 31.5. The third kappa shape index (κ3) is 13.3. The van der Waals surface area contributed by atoms with Crippen LogP contribution in [-0.2, 0) is 39.7 Å².